The van der Waals surface area contributed by atoms with Gasteiger partial charge in [0.2, 0.25) is 0 Å². The topological polar surface area (TPSA) is 79.4 Å². The molecule has 1 fully saturated rings. The quantitative estimate of drug-likeness (QED) is 0.635. The molecular formula is C14H19N3O2. The van der Waals surface area contributed by atoms with Gasteiger partial charge in [0.15, 0.2) is 0 Å². The number of nitrogens with two attached hydrogens (primary N) is 1. The number of carbonyl (C=O) groups is 1. The van der Waals surface area contributed by atoms with Crippen LogP contribution in [0.3, 0.4) is 0 Å². The summed E-state index contributed by atoms with van der Waals surface area (Å²) in [4.78, 5) is 17.2. The molecule has 0 amide bonds. The van der Waals surface area contributed by atoms with E-state index in [1.54, 1.807) is 5.06 Å². The number of nitrogens with one attached hydrogen (secondary N) is 1. The largest absolute Gasteiger partial charge is 0.386 e. The van der Waals surface area contributed by atoms with Crippen LogP contribution in [-0.4, -0.2) is 29.5 Å². The molecule has 102 valence electrons. The lowest BCUT2D eigenvalue weighted by Crippen LogP contribution is -2.48. The summed E-state index contributed by atoms with van der Waals surface area (Å²) in [6.45, 7) is 0.644. The molecule has 1 unspecified atom stereocenters. The fourth-order valence-electron chi connectivity index (χ4n) is 2.25. The number of hydrogen-bond donors (Lipinski definition) is 2. The van der Waals surface area contributed by atoms with Crippen molar-refractivity contribution in [3.8, 4) is 0 Å². The van der Waals surface area contributed by atoms with E-state index in [0.29, 0.717) is 6.54 Å². The van der Waals surface area contributed by atoms with Crippen molar-refractivity contribution in [3.63, 3.8) is 0 Å². The van der Waals surface area contributed by atoms with Gasteiger partial charge in [-0.1, -0.05) is 30.3 Å². The highest BCUT2D eigenvalue weighted by atomic mass is 16.7. The van der Waals surface area contributed by atoms with E-state index in [-0.39, 0.29) is 24.3 Å². The molecule has 0 aliphatic carbocycles. The van der Waals surface area contributed by atoms with Crippen molar-refractivity contribution in [1.29, 1.82) is 5.41 Å². The normalized spacial score (nSPS) is 19.9. The van der Waals surface area contributed by atoms with Gasteiger partial charge in [0.1, 0.15) is 11.9 Å². The summed E-state index contributed by atoms with van der Waals surface area (Å²) in [6, 6.07) is 9.20. The van der Waals surface area contributed by atoms with Crippen molar-refractivity contribution in [2.75, 3.05) is 6.54 Å². The minimum atomic E-state index is -0.306. The molecule has 0 radical (unpaired) electrons. The molecule has 5 nitrogen and oxygen atoms in total. The van der Waals surface area contributed by atoms with E-state index in [2.05, 4.69) is 0 Å². The molecule has 1 aliphatic heterocycles. The van der Waals surface area contributed by atoms with Crippen LogP contribution in [0.15, 0.2) is 30.3 Å². The summed E-state index contributed by atoms with van der Waals surface area (Å²) in [7, 11) is 0. The second-order valence-corrected chi connectivity index (χ2v) is 4.73. The first kappa shape index (κ1) is 13.5. The summed E-state index contributed by atoms with van der Waals surface area (Å²) in [5, 5.41) is 9.08. The highest BCUT2D eigenvalue weighted by Crippen LogP contribution is 2.17. The maximum atomic E-state index is 11.9. The number of rotatable bonds is 4. The minimum absolute atomic E-state index is 0.0622. The van der Waals surface area contributed by atoms with Crippen LogP contribution in [0, 0.1) is 5.41 Å². The second-order valence-electron chi connectivity index (χ2n) is 4.73. The molecule has 2 rings (SSSR count). The zero-order chi connectivity index (χ0) is 13.7. The molecule has 3 N–H and O–H groups in total. The molecule has 0 spiro atoms. The van der Waals surface area contributed by atoms with Crippen LogP contribution >= 0.6 is 0 Å². The third-order valence-corrected chi connectivity index (χ3v) is 3.22. The Bertz CT molecular complexity index is 447. The van der Waals surface area contributed by atoms with E-state index in [9.17, 15) is 4.79 Å². The third kappa shape index (κ3) is 3.79. The van der Waals surface area contributed by atoms with Crippen molar-refractivity contribution in [1.82, 2.24) is 5.06 Å². The molecule has 0 bridgehead atoms. The summed E-state index contributed by atoms with van der Waals surface area (Å²) in [6.07, 6.45) is 2.98. The van der Waals surface area contributed by atoms with E-state index in [0.717, 1.165) is 24.8 Å². The Labute approximate surface area is 112 Å². The van der Waals surface area contributed by atoms with Gasteiger partial charge < -0.3 is 10.6 Å². The zero-order valence-electron chi connectivity index (χ0n) is 10.8. The van der Waals surface area contributed by atoms with E-state index >= 15 is 0 Å². The van der Waals surface area contributed by atoms with Gasteiger partial charge in [0.05, 0.1) is 6.42 Å². The highest BCUT2D eigenvalue weighted by Gasteiger charge is 2.28. The summed E-state index contributed by atoms with van der Waals surface area (Å²) in [5.74, 6) is -0.244. The molecule has 1 atom stereocenters. The average Bonchev–Trinajstić information content (AvgIpc) is 2.40. The van der Waals surface area contributed by atoms with Gasteiger partial charge in [-0.3, -0.25) is 5.41 Å². The lowest BCUT2D eigenvalue weighted by Gasteiger charge is -2.32. The predicted molar refractivity (Wildman–Crippen MR) is 72.5 cm³/mol. The first-order chi connectivity index (χ1) is 9.16. The first-order valence-electron chi connectivity index (χ1n) is 6.52. The van der Waals surface area contributed by atoms with Gasteiger partial charge in [-0.25, -0.2) is 4.79 Å². The van der Waals surface area contributed by atoms with Gasteiger partial charge in [0.25, 0.3) is 0 Å². The van der Waals surface area contributed by atoms with Gasteiger partial charge in [-0.2, -0.15) is 0 Å². The molecule has 1 heterocycles. The fourth-order valence-corrected chi connectivity index (χ4v) is 2.25. The smallest absolute Gasteiger partial charge is 0.329 e. The minimum Gasteiger partial charge on any atom is -0.386 e. The monoisotopic (exact) mass is 261 g/mol. The van der Waals surface area contributed by atoms with Crippen LogP contribution in [-0.2, 0) is 16.1 Å². The Hall–Kier alpha value is -1.88. The molecule has 1 saturated heterocycles. The summed E-state index contributed by atoms with van der Waals surface area (Å²) < 4.78 is 0. The Morgan fingerprint density at radius 1 is 1.37 bits per heavy atom. The predicted octanol–water partition coefficient (Wildman–Crippen LogP) is 1.48. The van der Waals surface area contributed by atoms with Crippen molar-refractivity contribution < 1.29 is 9.63 Å². The molecule has 1 aromatic carbocycles. The van der Waals surface area contributed by atoms with Crippen molar-refractivity contribution in [2.24, 2.45) is 5.73 Å². The molecule has 0 saturated carbocycles. The van der Waals surface area contributed by atoms with Crippen LogP contribution in [0.4, 0.5) is 0 Å². The molecule has 1 aromatic rings. The standard InChI is InChI=1S/C14H19N3O2/c15-14(16)12-8-4-5-9-17(12)19-13(18)10-11-6-2-1-3-7-11/h1-3,6-7,12H,4-5,8-10H2,(H3,15,16). The van der Waals surface area contributed by atoms with Gasteiger partial charge >= 0.3 is 5.97 Å². The average molecular weight is 261 g/mol. The second kappa shape index (κ2) is 6.33. The molecule has 0 aromatic heterocycles. The molecule has 19 heavy (non-hydrogen) atoms. The SMILES string of the molecule is N=C(N)C1CCCCN1OC(=O)Cc1ccccc1. The molecular weight excluding hydrogens is 242 g/mol. The van der Waals surface area contributed by atoms with Crippen molar-refractivity contribution in [3.05, 3.63) is 35.9 Å². The van der Waals surface area contributed by atoms with Crippen molar-refractivity contribution in [2.45, 2.75) is 31.7 Å². The van der Waals surface area contributed by atoms with Gasteiger partial charge in [-0.05, 0) is 24.8 Å². The van der Waals surface area contributed by atoms with Gasteiger partial charge in [-0.15, -0.1) is 5.06 Å². The van der Waals surface area contributed by atoms with E-state index in [4.69, 9.17) is 16.0 Å². The highest BCUT2D eigenvalue weighted by molar-refractivity contribution is 5.83. The number of carbonyl (C=O) groups excluding carboxylic acids is 1. The first-order valence-corrected chi connectivity index (χ1v) is 6.52. The number of piperidine rings is 1. The number of nitrogens with zero attached hydrogens (tertiary/aromatic N) is 1. The number of benzene rings is 1. The Balaban J connectivity index is 1.92. The van der Waals surface area contributed by atoms with Crippen LogP contribution < -0.4 is 5.73 Å². The van der Waals surface area contributed by atoms with Crippen LogP contribution in [0.1, 0.15) is 24.8 Å². The molecule has 1 aliphatic rings. The summed E-state index contributed by atoms with van der Waals surface area (Å²) >= 11 is 0. The van der Waals surface area contributed by atoms with E-state index < -0.39 is 0 Å². The van der Waals surface area contributed by atoms with Crippen molar-refractivity contribution >= 4 is 11.8 Å². The Morgan fingerprint density at radius 2 is 2.11 bits per heavy atom. The fraction of sp³-hybridized carbons (Fsp3) is 0.429. The van der Waals surface area contributed by atoms with Crippen LogP contribution in [0.5, 0.6) is 0 Å². The maximum Gasteiger partial charge on any atom is 0.329 e. The van der Waals surface area contributed by atoms with Crippen LogP contribution in [0.25, 0.3) is 0 Å². The van der Waals surface area contributed by atoms with Crippen LogP contribution in [0.2, 0.25) is 0 Å². The lowest BCUT2D eigenvalue weighted by atomic mass is 10.0. The summed E-state index contributed by atoms with van der Waals surface area (Å²) in [5.41, 5.74) is 6.46. The maximum absolute atomic E-state index is 11.9. The van der Waals surface area contributed by atoms with Gasteiger partial charge in [0, 0.05) is 6.54 Å². The van der Waals surface area contributed by atoms with E-state index in [1.165, 1.54) is 0 Å². The zero-order valence-corrected chi connectivity index (χ0v) is 10.8. The Morgan fingerprint density at radius 3 is 2.79 bits per heavy atom. The van der Waals surface area contributed by atoms with E-state index in [1.807, 2.05) is 30.3 Å². The lowest BCUT2D eigenvalue weighted by molar-refractivity contribution is -0.200. The molecule has 5 heteroatoms. The number of hydrogen-bond acceptors (Lipinski definition) is 4. The third-order valence-electron chi connectivity index (χ3n) is 3.22. The Kier molecular flexibility index (Phi) is 4.52. The number of amidine groups is 1. The number of hydroxylamine groups is 2.